The maximum atomic E-state index is 12.5. The van der Waals surface area contributed by atoms with Gasteiger partial charge in [-0.2, -0.15) is 0 Å². The molecule has 24 heavy (non-hydrogen) atoms. The molecule has 128 valence electrons. The second-order valence-electron chi connectivity index (χ2n) is 6.05. The fourth-order valence-electron chi connectivity index (χ4n) is 2.26. The van der Waals surface area contributed by atoms with Crippen molar-refractivity contribution < 1.29 is 14.3 Å². The zero-order chi connectivity index (χ0) is 17.9. The molecule has 1 amide bonds. The summed E-state index contributed by atoms with van der Waals surface area (Å²) < 4.78 is 4.71. The Kier molecular flexibility index (Phi) is 5.39. The summed E-state index contributed by atoms with van der Waals surface area (Å²) in [6, 6.07) is 8.15. The number of ether oxygens (including phenoxy) is 1. The van der Waals surface area contributed by atoms with Crippen LogP contribution in [0.15, 0.2) is 24.3 Å². The van der Waals surface area contributed by atoms with Crippen molar-refractivity contribution in [2.45, 2.75) is 39.7 Å². The summed E-state index contributed by atoms with van der Waals surface area (Å²) in [5, 5.41) is 3.49. The monoisotopic (exact) mass is 346 g/mol. The summed E-state index contributed by atoms with van der Waals surface area (Å²) >= 11 is 1.32. The smallest absolute Gasteiger partial charge is 0.330 e. The van der Waals surface area contributed by atoms with E-state index in [0.29, 0.717) is 10.6 Å². The first-order valence-electron chi connectivity index (χ1n) is 7.76. The highest BCUT2D eigenvalue weighted by Gasteiger charge is 2.32. The maximum Gasteiger partial charge on any atom is 0.330 e. The highest BCUT2D eigenvalue weighted by molar-refractivity contribution is 7.17. The number of benzene rings is 1. The molecule has 0 aliphatic rings. The number of hydrogen-bond acceptors (Lipinski definition) is 5. The van der Waals surface area contributed by atoms with Crippen LogP contribution in [0.5, 0.6) is 0 Å². The highest BCUT2D eigenvalue weighted by atomic mass is 32.1. The molecular formula is C18H22N2O3S. The molecule has 5 nitrogen and oxygen atoms in total. The first-order chi connectivity index (χ1) is 11.3. The minimum atomic E-state index is -1.09. The van der Waals surface area contributed by atoms with Crippen molar-refractivity contribution in [1.82, 2.24) is 10.3 Å². The second-order valence-corrected chi connectivity index (χ2v) is 7.05. The third-order valence-electron chi connectivity index (χ3n) is 3.73. The standard InChI is InChI=1S/C18H22N2O3S/c1-6-12-7-9-13(10-8-12)16-19-11(2)14(24-16)15(21)20-18(3,4)17(22)23-5/h7-10H,6H2,1-5H3,(H,20,21). The molecule has 1 aromatic carbocycles. The van der Waals surface area contributed by atoms with Crippen LogP contribution in [0.1, 0.15) is 41.7 Å². The Morgan fingerprint density at radius 2 is 1.88 bits per heavy atom. The van der Waals surface area contributed by atoms with E-state index in [1.165, 1.54) is 24.0 Å². The molecule has 0 aliphatic carbocycles. The molecule has 0 bridgehead atoms. The van der Waals surface area contributed by atoms with Crippen LogP contribution in [0, 0.1) is 6.92 Å². The summed E-state index contributed by atoms with van der Waals surface area (Å²) in [5.41, 5.74) is 1.79. The minimum absolute atomic E-state index is 0.322. The third-order valence-corrected chi connectivity index (χ3v) is 4.94. The van der Waals surface area contributed by atoms with E-state index in [-0.39, 0.29) is 5.91 Å². The summed E-state index contributed by atoms with van der Waals surface area (Å²) in [6.45, 7) is 7.11. The van der Waals surface area contributed by atoms with Gasteiger partial charge in [-0.25, -0.2) is 9.78 Å². The molecule has 6 heteroatoms. The van der Waals surface area contributed by atoms with Crippen LogP contribution in [0.25, 0.3) is 10.6 Å². The molecule has 0 radical (unpaired) electrons. The summed E-state index contributed by atoms with van der Waals surface area (Å²) in [7, 11) is 1.30. The normalized spacial score (nSPS) is 11.2. The number of rotatable bonds is 5. The van der Waals surface area contributed by atoms with Gasteiger partial charge in [0, 0.05) is 5.56 Å². The number of nitrogens with zero attached hydrogens (tertiary/aromatic N) is 1. The van der Waals surface area contributed by atoms with E-state index in [1.54, 1.807) is 20.8 Å². The summed E-state index contributed by atoms with van der Waals surface area (Å²) in [5.74, 6) is -0.815. The van der Waals surface area contributed by atoms with E-state index in [4.69, 9.17) is 4.74 Å². The Bertz CT molecular complexity index is 748. The first kappa shape index (κ1) is 18.1. The number of hydrogen-bond donors (Lipinski definition) is 1. The van der Waals surface area contributed by atoms with Crippen molar-refractivity contribution in [3.05, 3.63) is 40.4 Å². The first-order valence-corrected chi connectivity index (χ1v) is 8.57. The number of methoxy groups -OCH3 is 1. The summed E-state index contributed by atoms with van der Waals surface area (Å²) in [6.07, 6.45) is 0.980. The zero-order valence-electron chi connectivity index (χ0n) is 14.6. The fraction of sp³-hybridized carbons (Fsp3) is 0.389. The van der Waals surface area contributed by atoms with Crippen LogP contribution in [0.4, 0.5) is 0 Å². The molecule has 0 atom stereocenters. The van der Waals surface area contributed by atoms with Crippen LogP contribution >= 0.6 is 11.3 Å². The van der Waals surface area contributed by atoms with Crippen LogP contribution in [0.3, 0.4) is 0 Å². The van der Waals surface area contributed by atoms with Gasteiger partial charge in [0.15, 0.2) is 0 Å². The van der Waals surface area contributed by atoms with Gasteiger partial charge in [-0.3, -0.25) is 4.79 Å². The average molecular weight is 346 g/mol. The molecule has 0 spiro atoms. The fourth-order valence-corrected chi connectivity index (χ4v) is 3.23. The Hall–Kier alpha value is -2.21. The zero-order valence-corrected chi connectivity index (χ0v) is 15.4. The Morgan fingerprint density at radius 1 is 1.25 bits per heavy atom. The molecule has 1 aromatic heterocycles. The topological polar surface area (TPSA) is 68.3 Å². The van der Waals surface area contributed by atoms with Crippen LogP contribution in [-0.2, 0) is 16.0 Å². The number of amides is 1. The Morgan fingerprint density at radius 3 is 2.42 bits per heavy atom. The largest absolute Gasteiger partial charge is 0.467 e. The van der Waals surface area contributed by atoms with Gasteiger partial charge < -0.3 is 10.1 Å². The lowest BCUT2D eigenvalue weighted by atomic mass is 10.1. The molecule has 0 aliphatic heterocycles. The SMILES string of the molecule is CCc1ccc(-c2nc(C)c(C(=O)NC(C)(C)C(=O)OC)s2)cc1. The maximum absolute atomic E-state index is 12.5. The van der Waals surface area contributed by atoms with Gasteiger partial charge >= 0.3 is 5.97 Å². The number of aromatic nitrogens is 1. The number of carbonyl (C=O) groups is 2. The molecule has 0 saturated heterocycles. The quantitative estimate of drug-likeness (QED) is 0.843. The van der Waals surface area contributed by atoms with Crippen molar-refractivity contribution in [3.8, 4) is 10.6 Å². The van der Waals surface area contributed by atoms with E-state index in [0.717, 1.165) is 17.0 Å². The van der Waals surface area contributed by atoms with Crippen molar-refractivity contribution in [2.24, 2.45) is 0 Å². The van der Waals surface area contributed by atoms with Gasteiger partial charge in [0.05, 0.1) is 12.8 Å². The molecule has 1 N–H and O–H groups in total. The number of aryl methyl sites for hydroxylation is 2. The van der Waals surface area contributed by atoms with Gasteiger partial charge in [-0.05, 0) is 32.8 Å². The second kappa shape index (κ2) is 7.13. The molecule has 0 fully saturated rings. The van der Waals surface area contributed by atoms with Gasteiger partial charge in [0.1, 0.15) is 15.4 Å². The van der Waals surface area contributed by atoms with Crippen molar-refractivity contribution in [1.29, 1.82) is 0 Å². The van der Waals surface area contributed by atoms with E-state index in [9.17, 15) is 9.59 Å². The van der Waals surface area contributed by atoms with Gasteiger partial charge in [0.2, 0.25) is 0 Å². The van der Waals surface area contributed by atoms with E-state index in [1.807, 2.05) is 12.1 Å². The number of carbonyl (C=O) groups excluding carboxylic acids is 2. The predicted octanol–water partition coefficient (Wildman–Crippen LogP) is 3.36. The Balaban J connectivity index is 2.24. The lowest BCUT2D eigenvalue weighted by Crippen LogP contribution is -2.50. The van der Waals surface area contributed by atoms with E-state index < -0.39 is 11.5 Å². The number of nitrogens with one attached hydrogen (secondary N) is 1. The highest BCUT2D eigenvalue weighted by Crippen LogP contribution is 2.28. The average Bonchev–Trinajstić information content (AvgIpc) is 2.95. The van der Waals surface area contributed by atoms with E-state index >= 15 is 0 Å². The van der Waals surface area contributed by atoms with Gasteiger partial charge in [-0.15, -0.1) is 11.3 Å². The predicted molar refractivity (Wildman–Crippen MR) is 95.2 cm³/mol. The lowest BCUT2D eigenvalue weighted by molar-refractivity contribution is -0.146. The lowest BCUT2D eigenvalue weighted by Gasteiger charge is -2.22. The van der Waals surface area contributed by atoms with Gasteiger partial charge in [0.25, 0.3) is 5.91 Å². The van der Waals surface area contributed by atoms with Crippen molar-refractivity contribution in [3.63, 3.8) is 0 Å². The molecule has 0 unspecified atom stereocenters. The molecule has 2 rings (SSSR count). The summed E-state index contributed by atoms with van der Waals surface area (Å²) in [4.78, 5) is 29.2. The van der Waals surface area contributed by atoms with Gasteiger partial charge in [-0.1, -0.05) is 31.2 Å². The third kappa shape index (κ3) is 3.82. The van der Waals surface area contributed by atoms with E-state index in [2.05, 4.69) is 29.4 Å². The minimum Gasteiger partial charge on any atom is -0.467 e. The molecule has 2 aromatic rings. The van der Waals surface area contributed by atoms with Crippen molar-refractivity contribution >= 4 is 23.2 Å². The Labute approximate surface area is 146 Å². The van der Waals surface area contributed by atoms with Crippen LogP contribution in [0.2, 0.25) is 0 Å². The molecule has 0 saturated carbocycles. The molecule has 1 heterocycles. The van der Waals surface area contributed by atoms with Crippen LogP contribution in [-0.4, -0.2) is 29.5 Å². The number of esters is 1. The molecular weight excluding hydrogens is 324 g/mol. The number of thiazole rings is 1. The van der Waals surface area contributed by atoms with Crippen LogP contribution < -0.4 is 5.32 Å². The van der Waals surface area contributed by atoms with Crippen molar-refractivity contribution in [2.75, 3.05) is 7.11 Å².